The molecule has 2 aliphatic rings. The maximum atomic E-state index is 12.1. The normalized spacial score (nSPS) is 20.4. The van der Waals surface area contributed by atoms with Gasteiger partial charge in [-0.05, 0) is 17.7 Å². The second kappa shape index (κ2) is 8.66. The van der Waals surface area contributed by atoms with Crippen LogP contribution in [-0.4, -0.2) is 53.3 Å². The Morgan fingerprint density at radius 2 is 2.08 bits per heavy atom. The number of nitrogens with zero attached hydrogens (tertiary/aromatic N) is 2. The summed E-state index contributed by atoms with van der Waals surface area (Å²) in [6.45, 7) is 5.71. The van der Waals surface area contributed by atoms with Gasteiger partial charge in [-0.15, -0.1) is 11.8 Å². The fraction of sp³-hybridized carbons (Fsp3) is 0.562. The minimum Gasteiger partial charge on any atom is -0.467 e. The molecule has 9 heteroatoms. The maximum absolute atomic E-state index is 12.1. The van der Waals surface area contributed by atoms with E-state index in [-0.39, 0.29) is 23.5 Å². The monoisotopic (exact) mass is 383 g/mol. The number of nitrogens with one attached hydrogen (secondary N) is 1. The molecule has 25 heavy (non-hydrogen) atoms. The third-order valence-corrected chi connectivity index (χ3v) is 5.86. The van der Waals surface area contributed by atoms with E-state index in [1.54, 1.807) is 6.92 Å². The number of ether oxygens (including phenoxy) is 1. The largest absolute Gasteiger partial charge is 0.467 e. The van der Waals surface area contributed by atoms with Crippen molar-refractivity contribution in [3.05, 3.63) is 11.0 Å². The van der Waals surface area contributed by atoms with Gasteiger partial charge in [0.25, 0.3) is 5.91 Å². The predicted octanol–water partition coefficient (Wildman–Crippen LogP) is 1.64. The van der Waals surface area contributed by atoms with Gasteiger partial charge in [0.1, 0.15) is 17.8 Å². The van der Waals surface area contributed by atoms with Crippen LogP contribution < -0.4 is 5.32 Å². The Kier molecular flexibility index (Phi) is 6.83. The molecule has 136 valence electrons. The number of aliphatic imine (C=N–C) groups is 2. The summed E-state index contributed by atoms with van der Waals surface area (Å²) in [5.74, 6) is -0.0384. The number of rotatable bonds is 7. The van der Waals surface area contributed by atoms with Crippen molar-refractivity contribution in [1.82, 2.24) is 5.32 Å². The highest BCUT2D eigenvalue weighted by atomic mass is 32.2. The molecule has 0 aromatic rings. The molecule has 2 atom stereocenters. The average molecular weight is 383 g/mol. The van der Waals surface area contributed by atoms with Crippen molar-refractivity contribution in [2.75, 3.05) is 18.6 Å². The first-order valence-corrected chi connectivity index (χ1v) is 9.83. The van der Waals surface area contributed by atoms with E-state index in [1.165, 1.54) is 30.6 Å². The number of hydrogen-bond donors (Lipinski definition) is 1. The molecule has 2 aliphatic heterocycles. The van der Waals surface area contributed by atoms with Gasteiger partial charge < -0.3 is 10.1 Å². The lowest BCUT2D eigenvalue weighted by molar-refractivity contribution is -0.144. The van der Waals surface area contributed by atoms with Gasteiger partial charge in [0, 0.05) is 0 Å². The Morgan fingerprint density at radius 3 is 2.72 bits per heavy atom. The summed E-state index contributed by atoms with van der Waals surface area (Å²) in [4.78, 5) is 44.8. The average Bonchev–Trinajstić information content (AvgIpc) is 2.99. The van der Waals surface area contributed by atoms with E-state index in [0.717, 1.165) is 9.95 Å². The fourth-order valence-electron chi connectivity index (χ4n) is 2.20. The topological polar surface area (TPSA) is 97.2 Å². The third kappa shape index (κ3) is 5.18. The fourth-order valence-corrected chi connectivity index (χ4v) is 4.01. The summed E-state index contributed by atoms with van der Waals surface area (Å²) in [7, 11) is 1.27. The van der Waals surface area contributed by atoms with Crippen LogP contribution in [0.4, 0.5) is 0 Å². The van der Waals surface area contributed by atoms with E-state index in [9.17, 15) is 14.4 Å². The van der Waals surface area contributed by atoms with E-state index < -0.39 is 12.0 Å². The number of allylic oxidation sites excluding steroid dienone is 1. The number of hydrogen-bond acceptors (Lipinski definition) is 7. The van der Waals surface area contributed by atoms with Gasteiger partial charge in [-0.1, -0.05) is 31.7 Å². The van der Waals surface area contributed by atoms with Crippen molar-refractivity contribution in [2.24, 2.45) is 21.8 Å². The smallest absolute Gasteiger partial charge is 0.328 e. The molecule has 0 bridgehead atoms. The Balaban J connectivity index is 1.83. The summed E-state index contributed by atoms with van der Waals surface area (Å²) in [5, 5.41) is 3.31. The quantitative estimate of drug-likeness (QED) is 0.671. The van der Waals surface area contributed by atoms with Crippen molar-refractivity contribution in [3.63, 3.8) is 0 Å². The lowest BCUT2D eigenvalue weighted by atomic mass is 10.1. The van der Waals surface area contributed by atoms with Crippen molar-refractivity contribution in [2.45, 2.75) is 26.8 Å². The zero-order chi connectivity index (χ0) is 18.6. The molecule has 0 spiro atoms. The Hall–Kier alpha value is -1.61. The second-order valence-corrected chi connectivity index (χ2v) is 8.00. The SMILES string of the molecule is COC(=O)[C@H](C)NC(=O)CSCC1=NC(=O)C2C=C(C(C)C)SC2=N1. The van der Waals surface area contributed by atoms with Gasteiger partial charge in [0.05, 0.1) is 23.7 Å². The minimum absolute atomic E-state index is 0.144. The van der Waals surface area contributed by atoms with Crippen molar-refractivity contribution in [3.8, 4) is 0 Å². The van der Waals surface area contributed by atoms with Gasteiger partial charge in [-0.2, -0.15) is 4.99 Å². The van der Waals surface area contributed by atoms with Crippen LogP contribution in [0.3, 0.4) is 0 Å². The first kappa shape index (κ1) is 19.7. The van der Waals surface area contributed by atoms with Gasteiger partial charge in [0.15, 0.2) is 0 Å². The zero-order valence-electron chi connectivity index (χ0n) is 14.6. The molecule has 0 fully saturated rings. The molecule has 0 aromatic heterocycles. The van der Waals surface area contributed by atoms with Crippen LogP contribution in [0, 0.1) is 11.8 Å². The van der Waals surface area contributed by atoms with Gasteiger partial charge >= 0.3 is 5.97 Å². The van der Waals surface area contributed by atoms with Crippen LogP contribution in [-0.2, 0) is 19.1 Å². The molecular weight excluding hydrogens is 362 g/mol. The molecule has 0 saturated carbocycles. The van der Waals surface area contributed by atoms with Gasteiger partial charge in [0.2, 0.25) is 5.91 Å². The van der Waals surface area contributed by atoms with Crippen LogP contribution in [0.1, 0.15) is 20.8 Å². The lowest BCUT2D eigenvalue weighted by Crippen LogP contribution is -2.40. The summed E-state index contributed by atoms with van der Waals surface area (Å²) in [6, 6.07) is -0.692. The second-order valence-electron chi connectivity index (χ2n) is 5.92. The number of methoxy groups -OCH3 is 1. The molecule has 1 N–H and O–H groups in total. The third-order valence-electron chi connectivity index (χ3n) is 3.53. The molecular formula is C16H21N3O4S2. The van der Waals surface area contributed by atoms with E-state index >= 15 is 0 Å². The van der Waals surface area contributed by atoms with Crippen LogP contribution in [0.2, 0.25) is 0 Å². The van der Waals surface area contributed by atoms with E-state index in [0.29, 0.717) is 17.5 Å². The van der Waals surface area contributed by atoms with Crippen LogP contribution in [0.25, 0.3) is 0 Å². The summed E-state index contributed by atoms with van der Waals surface area (Å²) < 4.78 is 4.55. The first-order valence-electron chi connectivity index (χ1n) is 7.86. The van der Waals surface area contributed by atoms with Crippen molar-refractivity contribution < 1.29 is 19.1 Å². The standard InChI is InChI=1S/C16H21N3O4S2/c1-8(2)11-5-10-14(21)18-12(19-15(10)25-11)6-24-7-13(20)17-9(3)16(22)23-4/h5,8-10H,6-7H2,1-4H3,(H,17,20)/t9-,10?/m0/s1. The van der Waals surface area contributed by atoms with E-state index in [2.05, 4.69) is 33.9 Å². The molecule has 0 saturated heterocycles. The zero-order valence-corrected chi connectivity index (χ0v) is 16.2. The molecule has 0 aromatic carbocycles. The molecule has 0 aliphatic carbocycles. The minimum atomic E-state index is -0.692. The number of esters is 1. The van der Waals surface area contributed by atoms with Crippen molar-refractivity contribution >= 4 is 52.2 Å². The number of amidine groups is 1. The van der Waals surface area contributed by atoms with Crippen molar-refractivity contribution in [1.29, 1.82) is 0 Å². The van der Waals surface area contributed by atoms with E-state index in [4.69, 9.17) is 0 Å². The Bertz CT molecular complexity index is 670. The maximum Gasteiger partial charge on any atom is 0.328 e. The molecule has 2 rings (SSSR count). The summed E-state index contributed by atoms with van der Waals surface area (Å²) in [5.41, 5.74) is 0. The van der Waals surface area contributed by atoms with E-state index in [1.807, 2.05) is 6.08 Å². The molecule has 1 unspecified atom stereocenters. The number of carbonyl (C=O) groups excluding carboxylic acids is 3. The van der Waals surface area contributed by atoms with Crippen LogP contribution in [0.5, 0.6) is 0 Å². The highest BCUT2D eigenvalue weighted by Crippen LogP contribution is 2.38. The Labute approximate surface area is 155 Å². The van der Waals surface area contributed by atoms with Gasteiger partial charge in [-0.25, -0.2) is 9.79 Å². The van der Waals surface area contributed by atoms with Crippen LogP contribution in [0.15, 0.2) is 21.0 Å². The molecule has 0 radical (unpaired) electrons. The summed E-state index contributed by atoms with van der Waals surface area (Å²) in [6.07, 6.45) is 1.94. The number of thioether (sulfide) groups is 2. The van der Waals surface area contributed by atoms with Gasteiger partial charge in [-0.3, -0.25) is 9.59 Å². The van der Waals surface area contributed by atoms with Crippen LogP contribution >= 0.6 is 23.5 Å². The highest BCUT2D eigenvalue weighted by molar-refractivity contribution is 8.17. The first-order chi connectivity index (χ1) is 11.8. The number of fused-ring (bicyclic) bond motifs is 1. The molecule has 2 amide bonds. The molecule has 2 heterocycles. The molecule has 7 nitrogen and oxygen atoms in total. The summed E-state index contributed by atoms with van der Waals surface area (Å²) >= 11 is 2.83. The predicted molar refractivity (Wildman–Crippen MR) is 101 cm³/mol. The number of amides is 2. The Morgan fingerprint density at radius 1 is 1.36 bits per heavy atom. The lowest BCUT2D eigenvalue weighted by Gasteiger charge is -2.13. The number of carbonyl (C=O) groups is 3. The highest BCUT2D eigenvalue weighted by Gasteiger charge is 2.34.